The Morgan fingerprint density at radius 1 is 1.03 bits per heavy atom. The van der Waals surface area contributed by atoms with Crippen molar-refractivity contribution in [3.63, 3.8) is 0 Å². The molecule has 2 aliphatic rings. The Labute approximate surface area is 227 Å². The molecule has 1 saturated heterocycles. The van der Waals surface area contributed by atoms with Gasteiger partial charge < -0.3 is 9.80 Å². The summed E-state index contributed by atoms with van der Waals surface area (Å²) < 4.78 is 2.02. The minimum Gasteiger partial charge on any atom is -0.339 e. The summed E-state index contributed by atoms with van der Waals surface area (Å²) in [7, 11) is 0. The second kappa shape index (κ2) is 11.7. The summed E-state index contributed by atoms with van der Waals surface area (Å²) in [5.74, 6) is 2.08. The quantitative estimate of drug-likeness (QED) is 0.287. The molecule has 194 valence electrons. The highest BCUT2D eigenvalue weighted by atomic mass is 35.5. The zero-order valence-corrected chi connectivity index (χ0v) is 22.6. The fourth-order valence-corrected chi connectivity index (χ4v) is 6.05. The lowest BCUT2D eigenvalue weighted by molar-refractivity contribution is -0.147. The van der Waals surface area contributed by atoms with Crippen molar-refractivity contribution >= 4 is 35.2 Å². The monoisotopic (exact) mass is 537 g/mol. The minimum atomic E-state index is 0.0767. The SMILES string of the molecule is CC1CN(C(=O)CCCSc2nnc(-c3ccccc3Cl)n2-c2ccccc2)CCN1C(=O)C1CCC1. The van der Waals surface area contributed by atoms with Gasteiger partial charge in [0.2, 0.25) is 11.8 Å². The molecule has 1 unspecified atom stereocenters. The molecule has 37 heavy (non-hydrogen) atoms. The van der Waals surface area contributed by atoms with E-state index in [4.69, 9.17) is 11.6 Å². The van der Waals surface area contributed by atoms with Gasteiger partial charge in [0.05, 0.1) is 5.02 Å². The molecule has 1 atom stereocenters. The molecular formula is C28H32ClN5O2S. The van der Waals surface area contributed by atoms with Gasteiger partial charge in [0.15, 0.2) is 11.0 Å². The van der Waals surface area contributed by atoms with E-state index in [2.05, 4.69) is 17.1 Å². The third-order valence-corrected chi connectivity index (χ3v) is 8.59. The lowest BCUT2D eigenvalue weighted by Crippen LogP contribution is -2.57. The second-order valence-electron chi connectivity index (χ2n) is 9.76. The molecule has 2 amide bonds. The molecule has 1 aromatic heterocycles. The van der Waals surface area contributed by atoms with E-state index in [9.17, 15) is 9.59 Å². The Balaban J connectivity index is 1.18. The molecule has 0 N–H and O–H groups in total. The van der Waals surface area contributed by atoms with Crippen LogP contribution in [0.25, 0.3) is 17.1 Å². The summed E-state index contributed by atoms with van der Waals surface area (Å²) in [6.07, 6.45) is 4.40. The van der Waals surface area contributed by atoms with E-state index in [1.165, 1.54) is 0 Å². The summed E-state index contributed by atoms with van der Waals surface area (Å²) in [6, 6.07) is 17.7. The molecule has 3 aromatic rings. The number of nitrogens with zero attached hydrogens (tertiary/aromatic N) is 5. The van der Waals surface area contributed by atoms with Crippen LogP contribution in [0.5, 0.6) is 0 Å². The van der Waals surface area contributed by atoms with Crippen LogP contribution in [-0.4, -0.2) is 67.8 Å². The van der Waals surface area contributed by atoms with Crippen LogP contribution in [0.3, 0.4) is 0 Å². The molecule has 2 aromatic carbocycles. The van der Waals surface area contributed by atoms with Gasteiger partial charge in [-0.05, 0) is 50.5 Å². The van der Waals surface area contributed by atoms with Crippen LogP contribution >= 0.6 is 23.4 Å². The first-order chi connectivity index (χ1) is 18.0. The molecule has 2 fully saturated rings. The van der Waals surface area contributed by atoms with Gasteiger partial charge in [-0.3, -0.25) is 14.2 Å². The number of rotatable bonds is 8. The number of aromatic nitrogens is 3. The Morgan fingerprint density at radius 2 is 1.78 bits per heavy atom. The van der Waals surface area contributed by atoms with E-state index in [1.807, 2.05) is 69.0 Å². The summed E-state index contributed by atoms with van der Waals surface area (Å²) in [4.78, 5) is 29.5. The molecule has 1 aliphatic carbocycles. The number of benzene rings is 2. The van der Waals surface area contributed by atoms with Crippen molar-refractivity contribution in [1.82, 2.24) is 24.6 Å². The number of halogens is 1. The first-order valence-electron chi connectivity index (χ1n) is 13.0. The van der Waals surface area contributed by atoms with Crippen molar-refractivity contribution in [2.75, 3.05) is 25.4 Å². The van der Waals surface area contributed by atoms with Crippen LogP contribution in [0, 0.1) is 5.92 Å². The number of piperazine rings is 1. The average Bonchev–Trinajstić information content (AvgIpc) is 3.29. The van der Waals surface area contributed by atoms with Crippen LogP contribution in [0.4, 0.5) is 0 Å². The summed E-state index contributed by atoms with van der Waals surface area (Å²) in [6.45, 7) is 3.94. The number of carbonyl (C=O) groups excluding carboxylic acids is 2. The van der Waals surface area contributed by atoms with Gasteiger partial charge in [-0.25, -0.2) is 0 Å². The third-order valence-electron chi connectivity index (χ3n) is 7.25. The lowest BCUT2D eigenvalue weighted by Gasteiger charge is -2.42. The standard InChI is InChI=1S/C28H32ClN5O2S/c1-20-19-32(16-17-33(20)27(36)21-9-7-10-21)25(35)15-8-18-37-28-31-30-26(23-13-5-6-14-24(23)29)34(28)22-11-3-2-4-12-22/h2-6,11-14,20-21H,7-10,15-19H2,1H3. The van der Waals surface area contributed by atoms with Crippen molar-refractivity contribution < 1.29 is 9.59 Å². The average molecular weight is 538 g/mol. The minimum absolute atomic E-state index is 0.0767. The van der Waals surface area contributed by atoms with Crippen molar-refractivity contribution in [3.05, 3.63) is 59.6 Å². The number of amides is 2. The zero-order chi connectivity index (χ0) is 25.8. The number of carbonyl (C=O) groups is 2. The summed E-state index contributed by atoms with van der Waals surface area (Å²) >= 11 is 8.06. The molecule has 0 radical (unpaired) electrons. The first-order valence-corrected chi connectivity index (χ1v) is 14.4. The Bertz CT molecular complexity index is 1250. The van der Waals surface area contributed by atoms with Gasteiger partial charge in [-0.15, -0.1) is 10.2 Å². The molecule has 2 heterocycles. The van der Waals surface area contributed by atoms with E-state index >= 15 is 0 Å². The first kappa shape index (κ1) is 25.8. The molecule has 1 aliphatic heterocycles. The number of hydrogen-bond donors (Lipinski definition) is 0. The van der Waals surface area contributed by atoms with Gasteiger partial charge in [0.1, 0.15) is 0 Å². The molecule has 1 saturated carbocycles. The Kier molecular flexibility index (Phi) is 8.15. The van der Waals surface area contributed by atoms with Crippen LogP contribution in [-0.2, 0) is 9.59 Å². The van der Waals surface area contributed by atoms with Crippen LogP contribution < -0.4 is 0 Å². The van der Waals surface area contributed by atoms with Crippen LogP contribution in [0.1, 0.15) is 39.0 Å². The van der Waals surface area contributed by atoms with E-state index in [1.54, 1.807) is 11.8 Å². The van der Waals surface area contributed by atoms with E-state index in [0.29, 0.717) is 36.9 Å². The number of para-hydroxylation sites is 1. The van der Waals surface area contributed by atoms with Crippen molar-refractivity contribution in [3.8, 4) is 17.1 Å². The topological polar surface area (TPSA) is 71.3 Å². The summed E-state index contributed by atoms with van der Waals surface area (Å²) in [5.41, 5.74) is 1.79. The van der Waals surface area contributed by atoms with Gasteiger partial charge >= 0.3 is 0 Å². The predicted molar refractivity (Wildman–Crippen MR) is 147 cm³/mol. The van der Waals surface area contributed by atoms with Gasteiger partial charge in [0, 0.05) is 55.0 Å². The fraction of sp³-hybridized carbons (Fsp3) is 0.429. The lowest BCUT2D eigenvalue weighted by atomic mass is 9.84. The highest BCUT2D eigenvalue weighted by Gasteiger charge is 2.35. The van der Waals surface area contributed by atoms with E-state index < -0.39 is 0 Å². The Hall–Kier alpha value is -2.84. The number of thioether (sulfide) groups is 1. The normalized spacial score (nSPS) is 18.1. The van der Waals surface area contributed by atoms with Gasteiger partial charge in [-0.1, -0.05) is 60.1 Å². The van der Waals surface area contributed by atoms with Crippen LogP contribution in [0.2, 0.25) is 5.02 Å². The maximum Gasteiger partial charge on any atom is 0.226 e. The predicted octanol–water partition coefficient (Wildman–Crippen LogP) is 5.32. The molecular weight excluding hydrogens is 506 g/mol. The molecule has 0 bridgehead atoms. The fourth-order valence-electron chi connectivity index (χ4n) is 4.94. The molecule has 9 heteroatoms. The number of hydrogen-bond acceptors (Lipinski definition) is 5. The van der Waals surface area contributed by atoms with Crippen molar-refractivity contribution in [2.45, 2.75) is 50.2 Å². The van der Waals surface area contributed by atoms with Crippen molar-refractivity contribution in [1.29, 1.82) is 0 Å². The highest BCUT2D eigenvalue weighted by molar-refractivity contribution is 7.99. The third kappa shape index (κ3) is 5.70. The van der Waals surface area contributed by atoms with E-state index in [0.717, 1.165) is 47.8 Å². The maximum atomic E-state index is 12.9. The van der Waals surface area contributed by atoms with Crippen molar-refractivity contribution in [2.24, 2.45) is 5.92 Å². The maximum absolute atomic E-state index is 12.9. The van der Waals surface area contributed by atoms with Gasteiger partial charge in [0.25, 0.3) is 0 Å². The molecule has 5 rings (SSSR count). The highest BCUT2D eigenvalue weighted by Crippen LogP contribution is 2.32. The smallest absolute Gasteiger partial charge is 0.226 e. The van der Waals surface area contributed by atoms with Crippen LogP contribution in [0.15, 0.2) is 59.8 Å². The molecule has 7 nitrogen and oxygen atoms in total. The molecule has 0 spiro atoms. The largest absolute Gasteiger partial charge is 0.339 e. The Morgan fingerprint density at radius 3 is 2.49 bits per heavy atom. The van der Waals surface area contributed by atoms with Gasteiger partial charge in [-0.2, -0.15) is 0 Å². The summed E-state index contributed by atoms with van der Waals surface area (Å²) in [5, 5.41) is 10.3. The van der Waals surface area contributed by atoms with E-state index in [-0.39, 0.29) is 23.8 Å². The zero-order valence-electron chi connectivity index (χ0n) is 21.1. The second-order valence-corrected chi connectivity index (χ2v) is 11.2.